The smallest absolute Gasteiger partial charge is 0.0704 e. The largest absolute Gasteiger partial charge is 0.396 e. The molecule has 1 aliphatic rings. The fourth-order valence-electron chi connectivity index (χ4n) is 2.32. The highest BCUT2D eigenvalue weighted by Crippen LogP contribution is 2.36. The van der Waals surface area contributed by atoms with Crippen LogP contribution in [0.5, 0.6) is 0 Å². The van der Waals surface area contributed by atoms with E-state index in [9.17, 15) is 0 Å². The zero-order valence-electron chi connectivity index (χ0n) is 10.1. The van der Waals surface area contributed by atoms with Gasteiger partial charge in [0.2, 0.25) is 0 Å². The first-order chi connectivity index (χ1) is 7.33. The van der Waals surface area contributed by atoms with Crippen LogP contribution < -0.4 is 0 Å². The van der Waals surface area contributed by atoms with Gasteiger partial charge in [-0.2, -0.15) is 0 Å². The molecule has 0 amide bonds. The van der Waals surface area contributed by atoms with E-state index in [0.717, 1.165) is 13.0 Å². The summed E-state index contributed by atoms with van der Waals surface area (Å²) >= 11 is 0. The number of hydrogen-bond donors (Lipinski definition) is 1. The van der Waals surface area contributed by atoms with Crippen molar-refractivity contribution in [3.8, 4) is 0 Å². The monoisotopic (exact) mass is 214 g/mol. The molecule has 1 atom stereocenters. The summed E-state index contributed by atoms with van der Waals surface area (Å²) in [7, 11) is 0. The Morgan fingerprint density at radius 3 is 2.27 bits per heavy atom. The Balaban J connectivity index is 2.05. The molecule has 0 spiro atoms. The highest BCUT2D eigenvalue weighted by Gasteiger charge is 2.36. The lowest BCUT2D eigenvalue weighted by Crippen LogP contribution is -2.43. The Kier molecular flexibility index (Phi) is 6.26. The standard InChI is InChI=1S/C13H26O2/c1-2-3-8-13(10-12-15-13)9-6-4-5-7-11-14/h14H,2-12H2,1H3. The average molecular weight is 214 g/mol. The molecule has 1 saturated heterocycles. The summed E-state index contributed by atoms with van der Waals surface area (Å²) in [6.07, 6.45) is 11.0. The summed E-state index contributed by atoms with van der Waals surface area (Å²) in [5.74, 6) is 0. The van der Waals surface area contributed by atoms with Gasteiger partial charge in [0.05, 0.1) is 12.2 Å². The predicted molar refractivity (Wildman–Crippen MR) is 63.0 cm³/mol. The molecule has 1 heterocycles. The van der Waals surface area contributed by atoms with Crippen molar-refractivity contribution in [2.24, 2.45) is 0 Å². The minimum Gasteiger partial charge on any atom is -0.396 e. The van der Waals surface area contributed by atoms with Crippen LogP contribution in [0, 0.1) is 0 Å². The van der Waals surface area contributed by atoms with Crippen LogP contribution in [0.3, 0.4) is 0 Å². The lowest BCUT2D eigenvalue weighted by atomic mass is 9.84. The van der Waals surface area contributed by atoms with Gasteiger partial charge in [-0.3, -0.25) is 0 Å². The van der Waals surface area contributed by atoms with Crippen LogP contribution in [0.25, 0.3) is 0 Å². The van der Waals surface area contributed by atoms with Crippen LogP contribution in [0.2, 0.25) is 0 Å². The topological polar surface area (TPSA) is 29.5 Å². The fourth-order valence-corrected chi connectivity index (χ4v) is 2.32. The Bertz CT molecular complexity index is 153. The van der Waals surface area contributed by atoms with Crippen LogP contribution in [0.15, 0.2) is 0 Å². The maximum atomic E-state index is 8.67. The normalized spacial score (nSPS) is 25.2. The van der Waals surface area contributed by atoms with Crippen molar-refractivity contribution in [1.82, 2.24) is 0 Å². The third kappa shape index (κ3) is 4.52. The van der Waals surface area contributed by atoms with Gasteiger partial charge in [-0.1, -0.05) is 39.0 Å². The molecule has 90 valence electrons. The molecule has 1 fully saturated rings. The van der Waals surface area contributed by atoms with E-state index in [-0.39, 0.29) is 5.60 Å². The Labute approximate surface area is 94.0 Å². The van der Waals surface area contributed by atoms with Gasteiger partial charge < -0.3 is 9.84 Å². The Morgan fingerprint density at radius 1 is 1.07 bits per heavy atom. The zero-order valence-corrected chi connectivity index (χ0v) is 10.1. The first-order valence-corrected chi connectivity index (χ1v) is 6.58. The Hall–Kier alpha value is -0.0800. The van der Waals surface area contributed by atoms with Crippen LogP contribution >= 0.6 is 0 Å². The van der Waals surface area contributed by atoms with Crippen LogP contribution in [-0.4, -0.2) is 23.9 Å². The minimum absolute atomic E-state index is 0.259. The molecule has 1 N–H and O–H groups in total. The van der Waals surface area contributed by atoms with Crippen molar-refractivity contribution >= 4 is 0 Å². The van der Waals surface area contributed by atoms with Crippen molar-refractivity contribution < 1.29 is 9.84 Å². The summed E-state index contributed by atoms with van der Waals surface area (Å²) in [5.41, 5.74) is 0.259. The summed E-state index contributed by atoms with van der Waals surface area (Å²) in [5, 5.41) is 8.67. The van der Waals surface area contributed by atoms with E-state index < -0.39 is 0 Å². The summed E-state index contributed by atoms with van der Waals surface area (Å²) < 4.78 is 5.78. The van der Waals surface area contributed by atoms with Crippen LogP contribution in [0.1, 0.15) is 64.7 Å². The van der Waals surface area contributed by atoms with Crippen molar-refractivity contribution in [2.75, 3.05) is 13.2 Å². The van der Waals surface area contributed by atoms with E-state index in [1.807, 2.05) is 0 Å². The van der Waals surface area contributed by atoms with E-state index in [1.54, 1.807) is 0 Å². The second kappa shape index (κ2) is 7.24. The second-order valence-electron chi connectivity index (χ2n) is 4.77. The number of rotatable bonds is 9. The maximum Gasteiger partial charge on any atom is 0.0704 e. The first-order valence-electron chi connectivity index (χ1n) is 6.58. The van der Waals surface area contributed by atoms with E-state index in [4.69, 9.17) is 9.84 Å². The third-order valence-corrected chi connectivity index (χ3v) is 3.49. The molecule has 0 aliphatic carbocycles. The quantitative estimate of drug-likeness (QED) is 0.597. The lowest BCUT2D eigenvalue weighted by Gasteiger charge is -2.42. The van der Waals surface area contributed by atoms with Gasteiger partial charge in [-0.15, -0.1) is 0 Å². The molecule has 0 bridgehead atoms. The lowest BCUT2D eigenvalue weighted by molar-refractivity contribution is -0.157. The summed E-state index contributed by atoms with van der Waals surface area (Å²) in [6, 6.07) is 0. The van der Waals surface area contributed by atoms with Crippen molar-refractivity contribution in [3.63, 3.8) is 0 Å². The van der Waals surface area contributed by atoms with E-state index in [1.165, 1.54) is 51.4 Å². The molecule has 15 heavy (non-hydrogen) atoms. The van der Waals surface area contributed by atoms with E-state index >= 15 is 0 Å². The number of hydrogen-bond acceptors (Lipinski definition) is 2. The number of aliphatic hydroxyl groups excluding tert-OH is 1. The summed E-state index contributed by atoms with van der Waals surface area (Å²) in [6.45, 7) is 3.56. The van der Waals surface area contributed by atoms with Gasteiger partial charge >= 0.3 is 0 Å². The molecule has 2 nitrogen and oxygen atoms in total. The van der Waals surface area contributed by atoms with Gasteiger partial charge in [0, 0.05) is 6.61 Å². The van der Waals surface area contributed by atoms with Crippen LogP contribution in [0.4, 0.5) is 0 Å². The van der Waals surface area contributed by atoms with Gasteiger partial charge in [0.1, 0.15) is 0 Å². The molecule has 0 saturated carbocycles. The van der Waals surface area contributed by atoms with Gasteiger partial charge in [-0.05, 0) is 25.7 Å². The fraction of sp³-hybridized carbons (Fsp3) is 1.00. The molecule has 2 heteroatoms. The molecule has 1 rings (SSSR count). The molecule has 0 aromatic rings. The highest BCUT2D eigenvalue weighted by atomic mass is 16.5. The van der Waals surface area contributed by atoms with Crippen LogP contribution in [-0.2, 0) is 4.74 Å². The van der Waals surface area contributed by atoms with Gasteiger partial charge in [0.25, 0.3) is 0 Å². The number of unbranched alkanes of at least 4 members (excludes halogenated alkanes) is 4. The average Bonchev–Trinajstić information content (AvgIpc) is 2.20. The van der Waals surface area contributed by atoms with Gasteiger partial charge in [-0.25, -0.2) is 0 Å². The molecule has 1 aliphatic heterocycles. The maximum absolute atomic E-state index is 8.67. The molecular weight excluding hydrogens is 188 g/mol. The third-order valence-electron chi connectivity index (χ3n) is 3.49. The minimum atomic E-state index is 0.259. The van der Waals surface area contributed by atoms with E-state index in [0.29, 0.717) is 6.61 Å². The molecule has 1 unspecified atom stereocenters. The number of aliphatic hydroxyl groups is 1. The predicted octanol–water partition coefficient (Wildman–Crippen LogP) is 3.28. The number of ether oxygens (including phenoxy) is 1. The first kappa shape index (κ1) is 13.0. The highest BCUT2D eigenvalue weighted by molar-refractivity contribution is 4.87. The van der Waals surface area contributed by atoms with Gasteiger partial charge in [0.15, 0.2) is 0 Å². The second-order valence-corrected chi connectivity index (χ2v) is 4.77. The van der Waals surface area contributed by atoms with Crippen molar-refractivity contribution in [2.45, 2.75) is 70.3 Å². The van der Waals surface area contributed by atoms with E-state index in [2.05, 4.69) is 6.92 Å². The zero-order chi connectivity index (χ0) is 11.0. The molecule has 0 radical (unpaired) electrons. The Morgan fingerprint density at radius 2 is 1.73 bits per heavy atom. The summed E-state index contributed by atoms with van der Waals surface area (Å²) in [4.78, 5) is 0. The van der Waals surface area contributed by atoms with Crippen molar-refractivity contribution in [3.05, 3.63) is 0 Å². The molecule has 0 aromatic carbocycles. The SMILES string of the molecule is CCCCC1(CCCCCCO)CCO1. The molecule has 0 aromatic heterocycles. The molecular formula is C13H26O2. The van der Waals surface area contributed by atoms with Crippen molar-refractivity contribution in [1.29, 1.82) is 0 Å².